The largest absolute Gasteiger partial charge is 0.336 e. The molecule has 0 N–H and O–H groups in total. The highest BCUT2D eigenvalue weighted by atomic mass is 16.2. The summed E-state index contributed by atoms with van der Waals surface area (Å²) in [5.41, 5.74) is 2.22. The van der Waals surface area contributed by atoms with Gasteiger partial charge in [-0.2, -0.15) is 0 Å². The first-order valence-electron chi connectivity index (χ1n) is 9.24. The summed E-state index contributed by atoms with van der Waals surface area (Å²) in [6, 6.07) is 8.42. The maximum absolute atomic E-state index is 12.9. The Morgan fingerprint density at radius 1 is 1.04 bits per heavy atom. The van der Waals surface area contributed by atoms with E-state index in [0.29, 0.717) is 19.3 Å². The van der Waals surface area contributed by atoms with Gasteiger partial charge in [-0.25, -0.2) is 0 Å². The number of aryl methyl sites for hydroxylation is 1. The Balaban J connectivity index is 1.46. The third-order valence-electron chi connectivity index (χ3n) is 5.89. The Labute approximate surface area is 148 Å². The van der Waals surface area contributed by atoms with Crippen LogP contribution in [0.1, 0.15) is 49.7 Å². The zero-order chi connectivity index (χ0) is 17.6. The molecule has 3 fully saturated rings. The monoisotopic (exact) mass is 340 g/mol. The van der Waals surface area contributed by atoms with Gasteiger partial charge in [0.05, 0.1) is 6.42 Å². The van der Waals surface area contributed by atoms with Crippen LogP contribution in [-0.4, -0.2) is 45.6 Å². The van der Waals surface area contributed by atoms with Crippen LogP contribution in [0.25, 0.3) is 0 Å². The molecule has 3 aliphatic heterocycles. The van der Waals surface area contributed by atoms with Crippen LogP contribution >= 0.6 is 0 Å². The first kappa shape index (κ1) is 16.3. The number of hydrogen-bond acceptors (Lipinski definition) is 3. The Morgan fingerprint density at radius 3 is 2.28 bits per heavy atom. The molecule has 2 bridgehead atoms. The van der Waals surface area contributed by atoms with Crippen molar-refractivity contribution in [2.24, 2.45) is 0 Å². The molecule has 5 heteroatoms. The maximum atomic E-state index is 12.9. The zero-order valence-corrected chi connectivity index (χ0v) is 14.6. The molecule has 0 saturated carbocycles. The third-order valence-corrected chi connectivity index (χ3v) is 5.89. The molecular formula is C20H24N2O3. The van der Waals surface area contributed by atoms with E-state index in [1.54, 1.807) is 0 Å². The molecule has 5 nitrogen and oxygen atoms in total. The predicted octanol–water partition coefficient (Wildman–Crippen LogP) is 2.21. The van der Waals surface area contributed by atoms with Gasteiger partial charge in [0.25, 0.3) is 0 Å². The number of carbonyl (C=O) groups excluding carboxylic acids is 3. The molecule has 2 atom stereocenters. The van der Waals surface area contributed by atoms with Gasteiger partial charge in [-0.1, -0.05) is 29.8 Å². The Bertz CT molecular complexity index is 699. The number of imide groups is 1. The zero-order valence-electron chi connectivity index (χ0n) is 14.6. The van der Waals surface area contributed by atoms with Crippen molar-refractivity contribution in [3.8, 4) is 0 Å². The third kappa shape index (κ3) is 2.96. The molecule has 0 aliphatic carbocycles. The highest BCUT2D eigenvalue weighted by Crippen LogP contribution is 2.39. The van der Waals surface area contributed by atoms with Gasteiger partial charge in [0.15, 0.2) is 0 Å². The lowest BCUT2D eigenvalue weighted by atomic mass is 9.95. The van der Waals surface area contributed by atoms with Gasteiger partial charge in [-0.05, 0) is 38.2 Å². The van der Waals surface area contributed by atoms with Gasteiger partial charge in [0.2, 0.25) is 17.7 Å². The van der Waals surface area contributed by atoms with Crippen LogP contribution in [0.2, 0.25) is 0 Å². The maximum Gasteiger partial charge on any atom is 0.229 e. The van der Waals surface area contributed by atoms with E-state index in [0.717, 1.165) is 36.8 Å². The fourth-order valence-electron chi connectivity index (χ4n) is 4.86. The molecule has 3 heterocycles. The molecule has 1 aromatic rings. The summed E-state index contributed by atoms with van der Waals surface area (Å²) >= 11 is 0. The molecule has 0 aromatic heterocycles. The van der Waals surface area contributed by atoms with E-state index < -0.39 is 0 Å². The van der Waals surface area contributed by atoms with Crippen molar-refractivity contribution in [3.63, 3.8) is 0 Å². The summed E-state index contributed by atoms with van der Waals surface area (Å²) in [5.74, 6) is 0.110. The molecule has 4 rings (SSSR count). The van der Waals surface area contributed by atoms with Gasteiger partial charge in [0.1, 0.15) is 0 Å². The van der Waals surface area contributed by atoms with Crippen molar-refractivity contribution in [1.29, 1.82) is 0 Å². The molecule has 1 aromatic carbocycles. The Hall–Kier alpha value is -2.17. The number of benzene rings is 1. The minimum absolute atomic E-state index is 0.0111. The van der Waals surface area contributed by atoms with Crippen LogP contribution < -0.4 is 0 Å². The van der Waals surface area contributed by atoms with E-state index in [1.165, 1.54) is 4.90 Å². The molecule has 3 aliphatic rings. The van der Waals surface area contributed by atoms with Crippen molar-refractivity contribution in [2.75, 3.05) is 0 Å². The van der Waals surface area contributed by atoms with Crippen LogP contribution in [-0.2, 0) is 20.8 Å². The van der Waals surface area contributed by atoms with E-state index in [-0.39, 0.29) is 35.8 Å². The molecule has 0 spiro atoms. The van der Waals surface area contributed by atoms with Crippen molar-refractivity contribution < 1.29 is 14.4 Å². The SMILES string of the molecule is Cc1cccc(CC(=O)N2C3CCC2CC(N2C(=O)CCC2=O)C3)c1. The molecule has 0 radical (unpaired) electrons. The van der Waals surface area contributed by atoms with Crippen molar-refractivity contribution in [2.45, 2.75) is 70.0 Å². The topological polar surface area (TPSA) is 57.7 Å². The number of piperidine rings is 1. The fourth-order valence-corrected chi connectivity index (χ4v) is 4.86. The molecular weight excluding hydrogens is 316 g/mol. The van der Waals surface area contributed by atoms with Gasteiger partial charge < -0.3 is 4.90 Å². The highest BCUT2D eigenvalue weighted by molar-refractivity contribution is 6.02. The van der Waals surface area contributed by atoms with E-state index in [1.807, 2.05) is 30.0 Å². The van der Waals surface area contributed by atoms with Crippen molar-refractivity contribution in [1.82, 2.24) is 9.80 Å². The number of rotatable bonds is 3. The molecule has 132 valence electrons. The summed E-state index contributed by atoms with van der Waals surface area (Å²) in [7, 11) is 0. The standard InChI is InChI=1S/C20H24N2O3/c1-13-3-2-4-14(9-13)10-20(25)21-15-5-6-16(21)12-17(11-15)22-18(23)7-8-19(22)24/h2-4,9,15-17H,5-8,10-12H2,1H3. The van der Waals surface area contributed by atoms with Crippen LogP contribution in [0.3, 0.4) is 0 Å². The minimum atomic E-state index is -0.0334. The summed E-state index contributed by atoms with van der Waals surface area (Å²) in [6.07, 6.45) is 4.58. The smallest absolute Gasteiger partial charge is 0.229 e. The second-order valence-corrected chi connectivity index (χ2v) is 7.63. The van der Waals surface area contributed by atoms with E-state index in [2.05, 4.69) is 6.07 Å². The number of fused-ring (bicyclic) bond motifs is 2. The van der Waals surface area contributed by atoms with E-state index in [9.17, 15) is 14.4 Å². The average molecular weight is 340 g/mol. The Kier molecular flexibility index (Phi) is 4.10. The van der Waals surface area contributed by atoms with E-state index in [4.69, 9.17) is 0 Å². The second-order valence-electron chi connectivity index (χ2n) is 7.63. The lowest BCUT2D eigenvalue weighted by Gasteiger charge is -2.41. The molecule has 2 unspecified atom stereocenters. The first-order valence-corrected chi connectivity index (χ1v) is 9.24. The highest BCUT2D eigenvalue weighted by Gasteiger charge is 2.47. The van der Waals surface area contributed by atoms with Gasteiger partial charge in [-0.3, -0.25) is 19.3 Å². The predicted molar refractivity (Wildman–Crippen MR) is 92.6 cm³/mol. The summed E-state index contributed by atoms with van der Waals surface area (Å²) in [6.45, 7) is 2.03. The minimum Gasteiger partial charge on any atom is -0.336 e. The second kappa shape index (κ2) is 6.28. The number of nitrogens with zero attached hydrogens (tertiary/aromatic N) is 2. The lowest BCUT2D eigenvalue weighted by molar-refractivity contribution is -0.144. The summed E-state index contributed by atoms with van der Waals surface area (Å²) in [4.78, 5) is 40.5. The molecule has 25 heavy (non-hydrogen) atoms. The number of amides is 3. The van der Waals surface area contributed by atoms with Crippen LogP contribution in [0, 0.1) is 6.92 Å². The van der Waals surface area contributed by atoms with Crippen molar-refractivity contribution in [3.05, 3.63) is 35.4 Å². The number of likely N-dealkylation sites (tertiary alicyclic amines) is 1. The van der Waals surface area contributed by atoms with Gasteiger partial charge >= 0.3 is 0 Å². The average Bonchev–Trinajstić information content (AvgIpc) is 3.04. The lowest BCUT2D eigenvalue weighted by Crippen LogP contribution is -2.54. The number of carbonyl (C=O) groups is 3. The number of hydrogen-bond donors (Lipinski definition) is 0. The van der Waals surface area contributed by atoms with Crippen LogP contribution in [0.15, 0.2) is 24.3 Å². The normalized spacial score (nSPS) is 28.8. The summed E-state index contributed by atoms with van der Waals surface area (Å²) in [5, 5.41) is 0. The quantitative estimate of drug-likeness (QED) is 0.793. The fraction of sp³-hybridized carbons (Fsp3) is 0.550. The van der Waals surface area contributed by atoms with Crippen LogP contribution in [0.5, 0.6) is 0 Å². The molecule has 3 amide bonds. The summed E-state index contributed by atoms with van der Waals surface area (Å²) < 4.78 is 0. The van der Waals surface area contributed by atoms with Crippen LogP contribution in [0.4, 0.5) is 0 Å². The van der Waals surface area contributed by atoms with E-state index >= 15 is 0 Å². The van der Waals surface area contributed by atoms with Gasteiger partial charge in [-0.15, -0.1) is 0 Å². The molecule has 3 saturated heterocycles. The Morgan fingerprint density at radius 2 is 1.68 bits per heavy atom. The first-order chi connectivity index (χ1) is 12.0. The van der Waals surface area contributed by atoms with Gasteiger partial charge in [0, 0.05) is 31.0 Å². The van der Waals surface area contributed by atoms with Crippen molar-refractivity contribution >= 4 is 17.7 Å².